The highest BCUT2D eigenvalue weighted by Crippen LogP contribution is 2.39. The van der Waals surface area contributed by atoms with E-state index in [2.05, 4.69) is 4.90 Å². The van der Waals surface area contributed by atoms with Gasteiger partial charge in [0.1, 0.15) is 5.75 Å². The van der Waals surface area contributed by atoms with Crippen molar-refractivity contribution in [2.24, 2.45) is 5.41 Å². The molecule has 26 heavy (non-hydrogen) atoms. The number of carbonyl (C=O) groups is 1. The Morgan fingerprint density at radius 1 is 1.27 bits per heavy atom. The lowest BCUT2D eigenvalue weighted by Crippen LogP contribution is -2.54. The van der Waals surface area contributed by atoms with Gasteiger partial charge in [-0.1, -0.05) is 0 Å². The number of likely N-dealkylation sites (tertiary alicyclic amines) is 2. The fraction of sp³-hybridized carbons (Fsp3) is 0.632. The molecule has 5 nitrogen and oxygen atoms in total. The summed E-state index contributed by atoms with van der Waals surface area (Å²) in [5.74, 6) is -1.29. The number of benzene rings is 1. The van der Waals surface area contributed by atoms with Crippen molar-refractivity contribution in [3.05, 3.63) is 29.3 Å². The van der Waals surface area contributed by atoms with E-state index in [1.54, 1.807) is 4.90 Å². The van der Waals surface area contributed by atoms with Gasteiger partial charge in [0.05, 0.1) is 13.7 Å². The van der Waals surface area contributed by atoms with Gasteiger partial charge in [-0.25, -0.2) is 8.78 Å². The van der Waals surface area contributed by atoms with Crippen molar-refractivity contribution >= 4 is 5.91 Å². The van der Waals surface area contributed by atoms with E-state index in [0.717, 1.165) is 38.4 Å². The molecule has 1 atom stereocenters. The number of aliphatic hydroxyl groups excluding tert-OH is 1. The molecule has 1 aromatic carbocycles. The van der Waals surface area contributed by atoms with Gasteiger partial charge in [0, 0.05) is 43.6 Å². The van der Waals surface area contributed by atoms with Crippen LogP contribution in [0.4, 0.5) is 8.78 Å². The van der Waals surface area contributed by atoms with E-state index in [0.29, 0.717) is 25.3 Å². The summed E-state index contributed by atoms with van der Waals surface area (Å²) in [4.78, 5) is 15.9. The molecule has 0 aromatic heterocycles. The molecule has 144 valence electrons. The Hall–Kier alpha value is -1.73. The first kappa shape index (κ1) is 19.0. The molecule has 2 saturated heterocycles. The van der Waals surface area contributed by atoms with Crippen LogP contribution in [-0.2, 0) is 11.3 Å². The van der Waals surface area contributed by atoms with Gasteiger partial charge in [-0.2, -0.15) is 0 Å². The average Bonchev–Trinajstić information content (AvgIpc) is 2.63. The lowest BCUT2D eigenvalue weighted by Gasteiger charge is -2.48. The maximum Gasteiger partial charge on any atom is 0.222 e. The van der Waals surface area contributed by atoms with Gasteiger partial charge in [0.15, 0.2) is 11.6 Å². The zero-order valence-corrected chi connectivity index (χ0v) is 15.1. The summed E-state index contributed by atoms with van der Waals surface area (Å²) in [6.07, 6.45) is 3.22. The number of β-amino-alcohol motifs (C(OH)–C–C–N with tert-alkyl or cyclic N) is 1. The van der Waals surface area contributed by atoms with Gasteiger partial charge in [-0.3, -0.25) is 9.69 Å². The number of rotatable bonds is 5. The number of halogens is 2. The first-order valence-corrected chi connectivity index (χ1v) is 9.10. The van der Waals surface area contributed by atoms with E-state index in [1.807, 2.05) is 0 Å². The second-order valence-corrected chi connectivity index (χ2v) is 7.40. The summed E-state index contributed by atoms with van der Waals surface area (Å²) in [6, 6.07) is 2.53. The fourth-order valence-electron chi connectivity index (χ4n) is 4.34. The molecule has 1 amide bonds. The summed E-state index contributed by atoms with van der Waals surface area (Å²) in [6.45, 7) is 2.73. The molecule has 0 aliphatic carbocycles. The quantitative estimate of drug-likeness (QED) is 0.866. The van der Waals surface area contributed by atoms with E-state index in [-0.39, 0.29) is 30.0 Å². The molecule has 2 fully saturated rings. The largest absolute Gasteiger partial charge is 0.496 e. The zero-order chi connectivity index (χ0) is 18.7. The molecule has 2 heterocycles. The summed E-state index contributed by atoms with van der Waals surface area (Å²) in [7, 11) is 1.45. The second kappa shape index (κ2) is 7.88. The predicted octanol–water partition coefficient (Wildman–Crippen LogP) is 2.17. The van der Waals surface area contributed by atoms with Crippen LogP contribution in [0.25, 0.3) is 0 Å². The van der Waals surface area contributed by atoms with Crippen molar-refractivity contribution in [2.75, 3.05) is 39.9 Å². The second-order valence-electron chi connectivity index (χ2n) is 7.40. The van der Waals surface area contributed by atoms with Crippen LogP contribution in [0.15, 0.2) is 12.1 Å². The summed E-state index contributed by atoms with van der Waals surface area (Å²) >= 11 is 0. The van der Waals surface area contributed by atoms with Gasteiger partial charge in [0.2, 0.25) is 5.91 Å². The summed E-state index contributed by atoms with van der Waals surface area (Å²) < 4.78 is 33.2. The Bertz CT molecular complexity index is 670. The lowest BCUT2D eigenvalue weighted by molar-refractivity contribution is -0.140. The molecule has 0 bridgehead atoms. The van der Waals surface area contributed by atoms with Crippen molar-refractivity contribution in [2.45, 2.75) is 32.2 Å². The highest BCUT2D eigenvalue weighted by molar-refractivity contribution is 5.77. The summed E-state index contributed by atoms with van der Waals surface area (Å²) in [5, 5.41) is 9.19. The Kier molecular flexibility index (Phi) is 5.77. The van der Waals surface area contributed by atoms with E-state index >= 15 is 0 Å². The monoisotopic (exact) mass is 368 g/mol. The minimum Gasteiger partial charge on any atom is -0.496 e. The minimum atomic E-state index is -0.870. The molecule has 2 aliphatic rings. The van der Waals surface area contributed by atoms with Gasteiger partial charge < -0.3 is 14.7 Å². The molecule has 7 heteroatoms. The Balaban J connectivity index is 1.75. The normalized spacial score (nSPS) is 24.3. The Labute approximate surface area is 152 Å². The fourth-order valence-corrected chi connectivity index (χ4v) is 4.34. The molecule has 0 radical (unpaired) electrons. The van der Waals surface area contributed by atoms with Crippen LogP contribution in [0.3, 0.4) is 0 Å². The van der Waals surface area contributed by atoms with Crippen molar-refractivity contribution in [1.82, 2.24) is 9.80 Å². The summed E-state index contributed by atoms with van der Waals surface area (Å²) in [5.41, 5.74) is 0.196. The van der Waals surface area contributed by atoms with Crippen LogP contribution in [0.5, 0.6) is 5.75 Å². The van der Waals surface area contributed by atoms with Crippen molar-refractivity contribution in [1.29, 1.82) is 0 Å². The Morgan fingerprint density at radius 3 is 2.81 bits per heavy atom. The molecular weight excluding hydrogens is 342 g/mol. The van der Waals surface area contributed by atoms with Crippen molar-refractivity contribution in [3.8, 4) is 5.75 Å². The maximum absolute atomic E-state index is 14.3. The van der Waals surface area contributed by atoms with Crippen LogP contribution in [0.2, 0.25) is 0 Å². The van der Waals surface area contributed by atoms with Crippen LogP contribution in [-0.4, -0.2) is 60.7 Å². The number of piperidine rings is 2. The van der Waals surface area contributed by atoms with Crippen molar-refractivity contribution in [3.63, 3.8) is 0 Å². The van der Waals surface area contributed by atoms with Gasteiger partial charge in [-0.15, -0.1) is 0 Å². The highest BCUT2D eigenvalue weighted by atomic mass is 19.2. The molecule has 1 N–H and O–H groups in total. The molecular formula is C19H26F2N2O3. The number of carbonyl (C=O) groups excluding carboxylic acids is 1. The smallest absolute Gasteiger partial charge is 0.222 e. The third-order valence-electron chi connectivity index (χ3n) is 5.61. The number of aliphatic hydroxyl groups is 1. The third kappa shape index (κ3) is 3.83. The standard InChI is InChI=1S/C19H26F2N2O3/c1-26-16-4-3-15(20)18(21)14(16)11-22-8-2-6-19(12-22)7-5-17(25)23(13-19)9-10-24/h3-4,24H,2,5-13H2,1H3/t19-/m0/s1. The van der Waals surface area contributed by atoms with E-state index < -0.39 is 11.6 Å². The van der Waals surface area contributed by atoms with E-state index in [9.17, 15) is 18.7 Å². The number of ether oxygens (including phenoxy) is 1. The molecule has 3 rings (SSSR count). The minimum absolute atomic E-state index is 0.0433. The van der Waals surface area contributed by atoms with Crippen LogP contribution in [0, 0.1) is 17.0 Å². The van der Waals surface area contributed by atoms with E-state index in [4.69, 9.17) is 4.74 Å². The SMILES string of the molecule is COc1ccc(F)c(F)c1CN1CCC[C@]2(CCC(=O)N(CCO)C2)C1. The van der Waals surface area contributed by atoms with Gasteiger partial charge in [0.25, 0.3) is 0 Å². The molecule has 0 unspecified atom stereocenters. The Morgan fingerprint density at radius 2 is 2.08 bits per heavy atom. The topological polar surface area (TPSA) is 53.0 Å². The van der Waals surface area contributed by atoms with Gasteiger partial charge in [-0.05, 0) is 37.9 Å². The van der Waals surface area contributed by atoms with Crippen molar-refractivity contribution < 1.29 is 23.4 Å². The van der Waals surface area contributed by atoms with Crippen LogP contribution < -0.4 is 4.74 Å². The highest BCUT2D eigenvalue weighted by Gasteiger charge is 2.41. The lowest BCUT2D eigenvalue weighted by atomic mass is 9.73. The number of amides is 1. The van der Waals surface area contributed by atoms with Crippen LogP contribution >= 0.6 is 0 Å². The number of hydrogen-bond donors (Lipinski definition) is 1. The number of hydrogen-bond acceptors (Lipinski definition) is 4. The zero-order valence-electron chi connectivity index (χ0n) is 15.1. The number of nitrogens with zero attached hydrogens (tertiary/aromatic N) is 2. The predicted molar refractivity (Wildman–Crippen MR) is 92.8 cm³/mol. The third-order valence-corrected chi connectivity index (χ3v) is 5.61. The maximum atomic E-state index is 14.3. The molecule has 2 aliphatic heterocycles. The number of methoxy groups -OCH3 is 1. The molecule has 1 spiro atoms. The molecule has 1 aromatic rings. The molecule has 0 saturated carbocycles. The van der Waals surface area contributed by atoms with Crippen LogP contribution in [0.1, 0.15) is 31.2 Å². The first-order chi connectivity index (χ1) is 12.5. The first-order valence-electron chi connectivity index (χ1n) is 9.10. The van der Waals surface area contributed by atoms with Gasteiger partial charge >= 0.3 is 0 Å². The average molecular weight is 368 g/mol. The van der Waals surface area contributed by atoms with E-state index in [1.165, 1.54) is 13.2 Å².